The highest BCUT2D eigenvalue weighted by atomic mass is 16.5. The van der Waals surface area contributed by atoms with Crippen molar-refractivity contribution in [2.75, 3.05) is 75.8 Å². The summed E-state index contributed by atoms with van der Waals surface area (Å²) in [6.07, 6.45) is 0. The molecule has 1 N–H and O–H groups in total. The van der Waals surface area contributed by atoms with E-state index in [1.54, 1.807) is 12.1 Å². The van der Waals surface area contributed by atoms with Crippen LogP contribution in [0.5, 0.6) is 0 Å². The van der Waals surface area contributed by atoms with Crippen LogP contribution in [0.15, 0.2) is 29.4 Å². The zero-order valence-corrected chi connectivity index (χ0v) is 16.8. The summed E-state index contributed by atoms with van der Waals surface area (Å²) in [7, 11) is 0. The van der Waals surface area contributed by atoms with Crippen molar-refractivity contribution in [3.05, 3.63) is 34.7 Å². The van der Waals surface area contributed by atoms with Crippen LogP contribution in [0.3, 0.4) is 0 Å². The molecule has 0 unspecified atom stereocenters. The van der Waals surface area contributed by atoms with Crippen molar-refractivity contribution in [3.63, 3.8) is 0 Å². The average molecular weight is 409 g/mol. The van der Waals surface area contributed by atoms with E-state index in [4.69, 9.17) is 25.2 Å². The Labute approximate surface area is 174 Å². The first-order chi connectivity index (χ1) is 14.7. The topological polar surface area (TPSA) is 115 Å². The van der Waals surface area contributed by atoms with E-state index in [2.05, 4.69) is 25.1 Å². The smallest absolute Gasteiger partial charge is 0.335 e. The van der Waals surface area contributed by atoms with Gasteiger partial charge in [0.15, 0.2) is 0 Å². The maximum absolute atomic E-state index is 8.58. The molecule has 2 bridgehead atoms. The van der Waals surface area contributed by atoms with Gasteiger partial charge in [0.25, 0.3) is 0 Å². The van der Waals surface area contributed by atoms with E-state index in [0.29, 0.717) is 30.8 Å². The molecule has 0 saturated carbocycles. The molecule has 11 heteroatoms. The number of hydrogen-bond acceptors (Lipinski definition) is 8. The molecule has 11 nitrogen and oxygen atoms in total. The summed E-state index contributed by atoms with van der Waals surface area (Å²) in [6.45, 7) is 9.27. The van der Waals surface area contributed by atoms with Gasteiger partial charge in [-0.05, 0) is 17.7 Å². The van der Waals surface area contributed by atoms with Crippen molar-refractivity contribution in [2.24, 2.45) is 5.11 Å². The van der Waals surface area contributed by atoms with Crippen LogP contribution in [-0.2, 0) is 4.74 Å². The predicted octanol–water partition coefficient (Wildman–Crippen LogP) is 2.03. The van der Waals surface area contributed by atoms with E-state index in [0.717, 1.165) is 68.5 Å². The normalized spacial score (nSPS) is 25.6. The molecule has 0 radical (unpaired) electrons. The van der Waals surface area contributed by atoms with E-state index in [1.807, 2.05) is 12.1 Å². The maximum atomic E-state index is 8.58. The fourth-order valence-corrected chi connectivity index (χ4v) is 4.29. The average Bonchev–Trinajstić information content (AvgIpc) is 2.82. The van der Waals surface area contributed by atoms with Gasteiger partial charge in [0.05, 0.1) is 32.8 Å². The van der Waals surface area contributed by atoms with E-state index in [1.165, 1.54) is 0 Å². The quantitative estimate of drug-likeness (QED) is 0.348. The lowest BCUT2D eigenvalue weighted by Crippen LogP contribution is -2.69. The second kappa shape index (κ2) is 8.04. The van der Waals surface area contributed by atoms with Gasteiger partial charge in [-0.2, -0.15) is 4.98 Å². The zero-order valence-electron chi connectivity index (χ0n) is 16.8. The number of morpholine rings is 1. The van der Waals surface area contributed by atoms with Crippen LogP contribution in [0, 0.1) is 0 Å². The third-order valence-corrected chi connectivity index (χ3v) is 6.15. The molecule has 4 fully saturated rings. The summed E-state index contributed by atoms with van der Waals surface area (Å²) in [5, 5.41) is 6.93. The molecular formula is C19H25N10O+. The van der Waals surface area contributed by atoms with E-state index in [-0.39, 0.29) is 0 Å². The molecule has 0 amide bonds. The fourth-order valence-electron chi connectivity index (χ4n) is 4.29. The van der Waals surface area contributed by atoms with Crippen molar-refractivity contribution in [1.29, 1.82) is 0 Å². The summed E-state index contributed by atoms with van der Waals surface area (Å²) in [5.74, 6) is 2.09. The number of anilines is 3. The van der Waals surface area contributed by atoms with Gasteiger partial charge in [-0.3, -0.25) is 9.38 Å². The van der Waals surface area contributed by atoms with E-state index < -0.39 is 0 Å². The Morgan fingerprint density at radius 1 is 0.967 bits per heavy atom. The number of piperazine rings is 3. The molecule has 5 heterocycles. The highest BCUT2D eigenvalue weighted by Gasteiger charge is 2.43. The number of rotatable bonds is 5. The number of quaternary nitrogens is 1. The molecule has 4 aliphatic rings. The second-order valence-corrected chi connectivity index (χ2v) is 7.88. The lowest BCUT2D eigenvalue weighted by Gasteiger charge is -2.48. The summed E-state index contributed by atoms with van der Waals surface area (Å²) in [5.41, 5.74) is 9.98. The van der Waals surface area contributed by atoms with Gasteiger partial charge in [-0.15, -0.1) is 9.97 Å². The Hall–Kier alpha value is -2.98. The molecule has 30 heavy (non-hydrogen) atoms. The van der Waals surface area contributed by atoms with Gasteiger partial charge in [0.2, 0.25) is 11.9 Å². The van der Waals surface area contributed by atoms with Crippen molar-refractivity contribution < 1.29 is 4.74 Å². The molecule has 1 aromatic heterocycles. The Bertz CT molecular complexity index is 931. The van der Waals surface area contributed by atoms with Gasteiger partial charge in [-0.1, -0.05) is 17.2 Å². The number of azide groups is 1. The number of nitrogens with zero attached hydrogens (tertiary/aromatic N) is 9. The SMILES string of the molecule is [N-]=[N+]=Nc1ccc(Nc2nc(N3CCOCC3)nc([N+]34CCN(CC3)CC4)n2)cc1. The number of fused-ring (bicyclic) bond motifs is 3. The van der Waals surface area contributed by atoms with Gasteiger partial charge >= 0.3 is 5.95 Å². The van der Waals surface area contributed by atoms with Crippen LogP contribution in [-0.4, -0.2) is 85.4 Å². The van der Waals surface area contributed by atoms with Crippen LogP contribution >= 0.6 is 0 Å². The summed E-state index contributed by atoms with van der Waals surface area (Å²) >= 11 is 0. The van der Waals surface area contributed by atoms with Gasteiger partial charge in [0, 0.05) is 49.0 Å². The first kappa shape index (κ1) is 19.0. The molecule has 0 aliphatic carbocycles. The minimum Gasteiger partial charge on any atom is -0.378 e. The van der Waals surface area contributed by atoms with Crippen LogP contribution in [0.4, 0.5) is 29.2 Å². The minimum absolute atomic E-state index is 0.540. The van der Waals surface area contributed by atoms with Gasteiger partial charge < -0.3 is 15.0 Å². The highest BCUT2D eigenvalue weighted by Crippen LogP contribution is 2.29. The summed E-state index contributed by atoms with van der Waals surface area (Å²) < 4.78 is 6.32. The molecule has 1 aromatic carbocycles. The van der Waals surface area contributed by atoms with Crippen molar-refractivity contribution in [1.82, 2.24) is 24.3 Å². The molecule has 6 rings (SSSR count). The Balaban J connectivity index is 1.48. The van der Waals surface area contributed by atoms with E-state index in [9.17, 15) is 0 Å². The molecular weight excluding hydrogens is 384 g/mol. The number of hydrogen-bond donors (Lipinski definition) is 1. The van der Waals surface area contributed by atoms with Crippen LogP contribution in [0.2, 0.25) is 0 Å². The standard InChI is InChI=1S/C19H25N10O/c20-26-25-16-3-1-15(2-4-16)21-17-22-18(28-8-13-30-14-9-28)24-19(23-17)29-10-5-27(6-11-29)7-12-29/h1-4H,5-14H2,(H,21,22,23,24)/q+1. The zero-order chi connectivity index (χ0) is 20.4. The molecule has 0 atom stereocenters. The van der Waals surface area contributed by atoms with Crippen LogP contribution in [0.25, 0.3) is 10.4 Å². The number of ether oxygens (including phenoxy) is 1. The second-order valence-electron chi connectivity index (χ2n) is 7.88. The van der Waals surface area contributed by atoms with Crippen molar-refractivity contribution in [3.8, 4) is 0 Å². The van der Waals surface area contributed by atoms with Crippen molar-refractivity contribution >= 4 is 29.2 Å². The molecule has 0 spiro atoms. The third-order valence-electron chi connectivity index (χ3n) is 6.15. The maximum Gasteiger partial charge on any atom is 0.335 e. The molecule has 4 saturated heterocycles. The lowest BCUT2D eigenvalue weighted by molar-refractivity contribution is 0.0629. The Morgan fingerprint density at radius 2 is 1.67 bits per heavy atom. The van der Waals surface area contributed by atoms with Gasteiger partial charge in [0.1, 0.15) is 0 Å². The first-order valence-electron chi connectivity index (χ1n) is 10.3. The number of aromatic nitrogens is 3. The fraction of sp³-hybridized carbons (Fsp3) is 0.526. The first-order valence-corrected chi connectivity index (χ1v) is 10.3. The van der Waals surface area contributed by atoms with Gasteiger partial charge in [-0.25, -0.2) is 0 Å². The van der Waals surface area contributed by atoms with Crippen molar-refractivity contribution in [2.45, 2.75) is 0 Å². The molecule has 4 aliphatic heterocycles. The largest absolute Gasteiger partial charge is 0.378 e. The number of benzene rings is 1. The molecule has 2 aromatic rings. The number of nitrogens with one attached hydrogen (secondary N) is 1. The summed E-state index contributed by atoms with van der Waals surface area (Å²) in [4.78, 5) is 22.0. The Kier molecular flexibility index (Phi) is 5.09. The highest BCUT2D eigenvalue weighted by molar-refractivity contribution is 5.58. The van der Waals surface area contributed by atoms with E-state index >= 15 is 0 Å². The monoisotopic (exact) mass is 409 g/mol. The predicted molar refractivity (Wildman–Crippen MR) is 114 cm³/mol. The summed E-state index contributed by atoms with van der Waals surface area (Å²) in [6, 6.07) is 7.24. The van der Waals surface area contributed by atoms with Crippen LogP contribution < -0.4 is 14.7 Å². The third kappa shape index (κ3) is 3.75. The Morgan fingerprint density at radius 3 is 2.33 bits per heavy atom. The van der Waals surface area contributed by atoms with Crippen LogP contribution in [0.1, 0.15) is 0 Å². The molecule has 156 valence electrons. The minimum atomic E-state index is 0.540. The lowest BCUT2D eigenvalue weighted by atomic mass is 10.1.